The lowest BCUT2D eigenvalue weighted by atomic mass is 10.2. The van der Waals surface area contributed by atoms with Crippen LogP contribution in [0.2, 0.25) is 5.02 Å². The number of halogens is 2. The lowest BCUT2D eigenvalue weighted by Crippen LogP contribution is -2.02. The van der Waals surface area contributed by atoms with E-state index in [1.54, 1.807) is 12.1 Å². The van der Waals surface area contributed by atoms with E-state index in [1.807, 2.05) is 25.6 Å². The van der Waals surface area contributed by atoms with Gasteiger partial charge >= 0.3 is 0 Å². The molecule has 1 heterocycles. The monoisotopic (exact) mass is 267 g/mol. The van der Waals surface area contributed by atoms with Gasteiger partial charge in [-0.2, -0.15) is 5.10 Å². The van der Waals surface area contributed by atoms with Crippen LogP contribution in [0, 0.1) is 19.7 Å². The Labute approximate surface area is 111 Å². The molecule has 1 N–H and O–H groups in total. The molecule has 0 saturated heterocycles. The summed E-state index contributed by atoms with van der Waals surface area (Å²) in [6.45, 7) is 4.48. The van der Waals surface area contributed by atoms with Crippen molar-refractivity contribution >= 4 is 17.3 Å². The highest BCUT2D eigenvalue weighted by molar-refractivity contribution is 6.30. The third kappa shape index (κ3) is 2.48. The number of hydrogen-bond acceptors (Lipinski definition) is 2. The molecule has 1 aromatic heterocycles. The number of nitrogens with one attached hydrogen (secondary N) is 1. The molecule has 0 spiro atoms. The third-order valence-corrected chi connectivity index (χ3v) is 3.27. The number of aromatic nitrogens is 2. The van der Waals surface area contributed by atoms with Crippen LogP contribution in [-0.2, 0) is 13.6 Å². The molecule has 2 rings (SSSR count). The molecular formula is C13H15ClFN3. The predicted octanol–water partition coefficient (Wildman–Crippen LogP) is 3.44. The molecule has 0 atom stereocenters. The summed E-state index contributed by atoms with van der Waals surface area (Å²) in [5.41, 5.74) is 3.83. The van der Waals surface area contributed by atoms with Crippen molar-refractivity contribution in [2.45, 2.75) is 20.4 Å². The largest absolute Gasteiger partial charge is 0.378 e. The van der Waals surface area contributed by atoms with Crippen LogP contribution in [-0.4, -0.2) is 9.78 Å². The minimum absolute atomic E-state index is 0.146. The average Bonchev–Trinajstić information content (AvgIpc) is 2.56. The number of nitrogens with zero attached hydrogens (tertiary/aromatic N) is 2. The van der Waals surface area contributed by atoms with Crippen LogP contribution in [0.3, 0.4) is 0 Å². The van der Waals surface area contributed by atoms with Gasteiger partial charge in [0.05, 0.1) is 22.1 Å². The topological polar surface area (TPSA) is 29.9 Å². The maximum absolute atomic E-state index is 13.3. The Kier molecular flexibility index (Phi) is 3.57. The number of benzene rings is 1. The molecule has 0 amide bonds. The summed E-state index contributed by atoms with van der Waals surface area (Å²) in [5.74, 6) is -0.393. The Morgan fingerprint density at radius 1 is 1.39 bits per heavy atom. The Hall–Kier alpha value is -1.55. The number of aryl methyl sites for hydroxylation is 2. The molecule has 0 aliphatic rings. The first-order chi connectivity index (χ1) is 8.49. The SMILES string of the molecule is Cc1nn(C)c(C)c1NCc1ccc(Cl)c(F)c1. The predicted molar refractivity (Wildman–Crippen MR) is 71.4 cm³/mol. The van der Waals surface area contributed by atoms with Crippen molar-refractivity contribution in [3.05, 3.63) is 46.0 Å². The van der Waals surface area contributed by atoms with Crippen LogP contribution in [0.15, 0.2) is 18.2 Å². The van der Waals surface area contributed by atoms with Gasteiger partial charge in [0.2, 0.25) is 0 Å². The highest BCUT2D eigenvalue weighted by atomic mass is 35.5. The number of hydrogen-bond donors (Lipinski definition) is 1. The Morgan fingerprint density at radius 3 is 2.67 bits per heavy atom. The third-order valence-electron chi connectivity index (χ3n) is 2.96. The number of anilines is 1. The zero-order valence-electron chi connectivity index (χ0n) is 10.6. The fraction of sp³-hybridized carbons (Fsp3) is 0.308. The molecule has 96 valence electrons. The van der Waals surface area contributed by atoms with Crippen molar-refractivity contribution in [3.8, 4) is 0 Å². The van der Waals surface area contributed by atoms with Crippen LogP contribution < -0.4 is 5.32 Å². The second-order valence-corrected chi connectivity index (χ2v) is 4.68. The van der Waals surface area contributed by atoms with Crippen molar-refractivity contribution in [2.24, 2.45) is 7.05 Å². The van der Waals surface area contributed by atoms with Crippen molar-refractivity contribution in [2.75, 3.05) is 5.32 Å². The highest BCUT2D eigenvalue weighted by Gasteiger charge is 2.09. The maximum Gasteiger partial charge on any atom is 0.142 e. The molecule has 0 radical (unpaired) electrons. The van der Waals surface area contributed by atoms with Crippen molar-refractivity contribution in [3.63, 3.8) is 0 Å². The van der Waals surface area contributed by atoms with E-state index in [4.69, 9.17) is 11.6 Å². The fourth-order valence-electron chi connectivity index (χ4n) is 1.87. The van der Waals surface area contributed by atoms with E-state index in [-0.39, 0.29) is 5.02 Å². The summed E-state index contributed by atoms with van der Waals surface area (Å²) < 4.78 is 15.1. The minimum atomic E-state index is -0.393. The lowest BCUT2D eigenvalue weighted by molar-refractivity contribution is 0.626. The molecule has 0 aliphatic heterocycles. The molecule has 0 fully saturated rings. The summed E-state index contributed by atoms with van der Waals surface area (Å²) in [6.07, 6.45) is 0. The van der Waals surface area contributed by atoms with Crippen LogP contribution >= 0.6 is 11.6 Å². The fourth-order valence-corrected chi connectivity index (χ4v) is 1.99. The summed E-state index contributed by atoms with van der Waals surface area (Å²) in [5, 5.41) is 7.73. The molecule has 0 bridgehead atoms. The van der Waals surface area contributed by atoms with Gasteiger partial charge in [0.1, 0.15) is 5.82 Å². The van der Waals surface area contributed by atoms with E-state index in [9.17, 15) is 4.39 Å². The van der Waals surface area contributed by atoms with Gasteiger partial charge in [-0.25, -0.2) is 4.39 Å². The molecule has 0 unspecified atom stereocenters. The van der Waals surface area contributed by atoms with E-state index < -0.39 is 5.82 Å². The average molecular weight is 268 g/mol. The first-order valence-corrected chi connectivity index (χ1v) is 6.05. The quantitative estimate of drug-likeness (QED) is 0.923. The Morgan fingerprint density at radius 2 is 2.11 bits per heavy atom. The smallest absolute Gasteiger partial charge is 0.142 e. The van der Waals surface area contributed by atoms with Gasteiger partial charge in [-0.05, 0) is 31.5 Å². The zero-order valence-corrected chi connectivity index (χ0v) is 11.3. The van der Waals surface area contributed by atoms with Gasteiger partial charge in [0.25, 0.3) is 0 Å². The summed E-state index contributed by atoms with van der Waals surface area (Å²) in [7, 11) is 1.90. The molecule has 5 heteroatoms. The molecule has 2 aromatic rings. The minimum Gasteiger partial charge on any atom is -0.378 e. The van der Waals surface area contributed by atoms with Gasteiger partial charge in [0, 0.05) is 13.6 Å². The molecule has 0 aliphatic carbocycles. The summed E-state index contributed by atoms with van der Waals surface area (Å²) in [6, 6.07) is 4.81. The summed E-state index contributed by atoms with van der Waals surface area (Å²) in [4.78, 5) is 0. The van der Waals surface area contributed by atoms with Crippen LogP contribution in [0.5, 0.6) is 0 Å². The highest BCUT2D eigenvalue weighted by Crippen LogP contribution is 2.20. The molecule has 1 aromatic carbocycles. The lowest BCUT2D eigenvalue weighted by Gasteiger charge is -2.07. The van der Waals surface area contributed by atoms with Gasteiger partial charge < -0.3 is 5.32 Å². The Balaban J connectivity index is 2.14. The van der Waals surface area contributed by atoms with Crippen molar-refractivity contribution in [1.29, 1.82) is 0 Å². The van der Waals surface area contributed by atoms with Gasteiger partial charge in [-0.1, -0.05) is 17.7 Å². The van der Waals surface area contributed by atoms with E-state index in [0.29, 0.717) is 6.54 Å². The van der Waals surface area contributed by atoms with Gasteiger partial charge in [-0.3, -0.25) is 4.68 Å². The Bertz CT molecular complexity index is 578. The first kappa shape index (κ1) is 12.9. The van der Waals surface area contributed by atoms with Crippen LogP contribution in [0.25, 0.3) is 0 Å². The van der Waals surface area contributed by atoms with Gasteiger partial charge in [0.15, 0.2) is 0 Å². The normalized spacial score (nSPS) is 10.7. The molecular weight excluding hydrogens is 253 g/mol. The number of rotatable bonds is 3. The van der Waals surface area contributed by atoms with E-state index >= 15 is 0 Å². The molecule has 3 nitrogen and oxygen atoms in total. The molecule has 0 saturated carbocycles. The zero-order chi connectivity index (χ0) is 13.3. The maximum atomic E-state index is 13.3. The summed E-state index contributed by atoms with van der Waals surface area (Å²) >= 11 is 5.64. The van der Waals surface area contributed by atoms with E-state index in [1.165, 1.54) is 6.07 Å². The second kappa shape index (κ2) is 4.98. The van der Waals surface area contributed by atoms with E-state index in [2.05, 4.69) is 10.4 Å². The molecule has 18 heavy (non-hydrogen) atoms. The standard InChI is InChI=1S/C13H15ClFN3/c1-8-13(9(2)18(3)17-8)16-7-10-4-5-11(14)12(15)6-10/h4-6,16H,7H2,1-3H3. The van der Waals surface area contributed by atoms with Crippen molar-refractivity contribution in [1.82, 2.24) is 9.78 Å². The second-order valence-electron chi connectivity index (χ2n) is 4.27. The van der Waals surface area contributed by atoms with Crippen LogP contribution in [0.4, 0.5) is 10.1 Å². The van der Waals surface area contributed by atoms with Crippen LogP contribution in [0.1, 0.15) is 17.0 Å². The van der Waals surface area contributed by atoms with E-state index in [0.717, 1.165) is 22.6 Å². The van der Waals surface area contributed by atoms with Crippen molar-refractivity contribution < 1.29 is 4.39 Å². The van der Waals surface area contributed by atoms with Gasteiger partial charge in [-0.15, -0.1) is 0 Å². The first-order valence-electron chi connectivity index (χ1n) is 5.67.